The molecule has 2 aliphatic rings. The lowest BCUT2D eigenvalue weighted by atomic mass is 9.66. The van der Waals surface area contributed by atoms with Crippen molar-refractivity contribution in [1.82, 2.24) is 0 Å². The van der Waals surface area contributed by atoms with E-state index in [1.807, 2.05) is 0 Å². The van der Waals surface area contributed by atoms with E-state index in [0.29, 0.717) is 17.3 Å². The van der Waals surface area contributed by atoms with E-state index in [1.54, 1.807) is 0 Å². The smallest absolute Gasteiger partial charge is 0.220 e. The summed E-state index contributed by atoms with van der Waals surface area (Å²) in [6.45, 7) is 6.94. The van der Waals surface area contributed by atoms with Gasteiger partial charge in [0.25, 0.3) is 0 Å². The van der Waals surface area contributed by atoms with E-state index in [2.05, 4.69) is 20.8 Å². The monoisotopic (exact) mass is 181 g/mol. The van der Waals surface area contributed by atoms with Crippen molar-refractivity contribution in [3.05, 3.63) is 0 Å². The van der Waals surface area contributed by atoms with Gasteiger partial charge in [-0.05, 0) is 36.0 Å². The molecular weight excluding hydrogens is 162 g/mol. The minimum absolute atomic E-state index is 0.0742. The average Bonchev–Trinajstić information content (AvgIpc) is 2.52. The Morgan fingerprint density at radius 2 is 2.00 bits per heavy atom. The van der Waals surface area contributed by atoms with E-state index in [1.165, 1.54) is 6.42 Å². The Balaban J connectivity index is 2.22. The van der Waals surface area contributed by atoms with Gasteiger partial charge in [0.15, 0.2) is 0 Å². The Hall–Kier alpha value is -0.530. The molecule has 4 atom stereocenters. The maximum atomic E-state index is 11.2. The summed E-state index contributed by atoms with van der Waals surface area (Å²) < 4.78 is 0. The highest BCUT2D eigenvalue weighted by molar-refractivity contribution is 5.77. The zero-order chi connectivity index (χ0) is 9.80. The molecule has 74 valence electrons. The Kier molecular flexibility index (Phi) is 1.73. The molecule has 0 heterocycles. The SMILES string of the molecule is C[C@H]1[C@H]2C[C@H](C[C@@H]2C(N)=O)C1(C)C. The third-order valence-corrected chi connectivity index (χ3v) is 4.85. The first kappa shape index (κ1) is 9.04. The highest BCUT2D eigenvalue weighted by Crippen LogP contribution is 2.61. The molecule has 0 aliphatic heterocycles. The number of amides is 1. The van der Waals surface area contributed by atoms with Crippen molar-refractivity contribution in [3.63, 3.8) is 0 Å². The van der Waals surface area contributed by atoms with Gasteiger partial charge in [0.1, 0.15) is 0 Å². The van der Waals surface area contributed by atoms with Gasteiger partial charge < -0.3 is 5.73 Å². The molecule has 2 bridgehead atoms. The molecule has 2 saturated carbocycles. The molecule has 0 spiro atoms. The van der Waals surface area contributed by atoms with Gasteiger partial charge in [-0.3, -0.25) is 4.79 Å². The molecule has 0 aromatic heterocycles. The standard InChI is InChI=1S/C11H19NO/c1-6-8-4-7(11(6,2)3)5-9(8)10(12)13/h6-9H,4-5H2,1-3H3,(H2,12,13)/t6-,7+,8+,9-/m0/s1. The van der Waals surface area contributed by atoms with Crippen LogP contribution in [-0.4, -0.2) is 5.91 Å². The van der Waals surface area contributed by atoms with Gasteiger partial charge in [-0.2, -0.15) is 0 Å². The topological polar surface area (TPSA) is 43.1 Å². The second-order valence-electron chi connectivity index (χ2n) is 5.45. The molecule has 1 amide bonds. The van der Waals surface area contributed by atoms with E-state index >= 15 is 0 Å². The Bertz CT molecular complexity index is 242. The third kappa shape index (κ3) is 1.04. The third-order valence-electron chi connectivity index (χ3n) is 4.85. The van der Waals surface area contributed by atoms with E-state index in [-0.39, 0.29) is 11.8 Å². The summed E-state index contributed by atoms with van der Waals surface area (Å²) >= 11 is 0. The zero-order valence-corrected chi connectivity index (χ0v) is 8.71. The van der Waals surface area contributed by atoms with Gasteiger partial charge >= 0.3 is 0 Å². The van der Waals surface area contributed by atoms with Gasteiger partial charge in [0.05, 0.1) is 0 Å². The van der Waals surface area contributed by atoms with Crippen LogP contribution >= 0.6 is 0 Å². The fraction of sp³-hybridized carbons (Fsp3) is 0.909. The minimum atomic E-state index is -0.0742. The molecular formula is C11H19NO. The van der Waals surface area contributed by atoms with Gasteiger partial charge in [0.2, 0.25) is 5.91 Å². The summed E-state index contributed by atoms with van der Waals surface area (Å²) in [7, 11) is 0. The molecule has 2 rings (SSSR count). The maximum Gasteiger partial charge on any atom is 0.220 e. The molecule has 0 saturated heterocycles. The summed E-state index contributed by atoms with van der Waals surface area (Å²) in [5.74, 6) is 2.05. The molecule has 2 nitrogen and oxygen atoms in total. The largest absolute Gasteiger partial charge is 0.369 e. The summed E-state index contributed by atoms with van der Waals surface area (Å²) in [4.78, 5) is 11.2. The molecule has 2 heteroatoms. The summed E-state index contributed by atoms with van der Waals surface area (Å²) in [5, 5.41) is 0. The van der Waals surface area contributed by atoms with Crippen molar-refractivity contribution in [2.24, 2.45) is 34.8 Å². The Labute approximate surface area is 79.9 Å². The number of hydrogen-bond donors (Lipinski definition) is 1. The normalized spacial score (nSPS) is 46.7. The van der Waals surface area contributed by atoms with Crippen LogP contribution < -0.4 is 5.73 Å². The number of rotatable bonds is 1. The number of nitrogens with two attached hydrogens (primary N) is 1. The van der Waals surface area contributed by atoms with Gasteiger partial charge in [-0.25, -0.2) is 0 Å². The van der Waals surface area contributed by atoms with Gasteiger partial charge in [-0.1, -0.05) is 20.8 Å². The fourth-order valence-corrected chi connectivity index (χ4v) is 3.48. The first-order valence-electron chi connectivity index (χ1n) is 5.24. The van der Waals surface area contributed by atoms with Gasteiger partial charge in [0, 0.05) is 5.92 Å². The van der Waals surface area contributed by atoms with Crippen molar-refractivity contribution in [2.45, 2.75) is 33.6 Å². The summed E-state index contributed by atoms with van der Waals surface area (Å²) in [6.07, 6.45) is 2.26. The van der Waals surface area contributed by atoms with Crippen LogP contribution in [0.4, 0.5) is 0 Å². The zero-order valence-electron chi connectivity index (χ0n) is 8.71. The Morgan fingerprint density at radius 1 is 1.38 bits per heavy atom. The lowest BCUT2D eigenvalue weighted by molar-refractivity contribution is -0.124. The van der Waals surface area contributed by atoms with Crippen LogP contribution in [-0.2, 0) is 4.79 Å². The average molecular weight is 181 g/mol. The van der Waals surface area contributed by atoms with Crippen LogP contribution in [0.5, 0.6) is 0 Å². The van der Waals surface area contributed by atoms with Crippen molar-refractivity contribution >= 4 is 5.91 Å². The minimum Gasteiger partial charge on any atom is -0.369 e. The van der Waals surface area contributed by atoms with Crippen LogP contribution in [0.2, 0.25) is 0 Å². The molecule has 2 N–H and O–H groups in total. The quantitative estimate of drug-likeness (QED) is 0.658. The van der Waals surface area contributed by atoms with Crippen molar-refractivity contribution in [2.75, 3.05) is 0 Å². The summed E-state index contributed by atoms with van der Waals surface area (Å²) in [6, 6.07) is 0. The predicted octanol–water partition coefficient (Wildman–Crippen LogP) is 1.79. The van der Waals surface area contributed by atoms with E-state index in [9.17, 15) is 4.79 Å². The Morgan fingerprint density at radius 3 is 2.38 bits per heavy atom. The van der Waals surface area contributed by atoms with E-state index in [0.717, 1.165) is 12.3 Å². The van der Waals surface area contributed by atoms with Crippen LogP contribution in [0, 0.1) is 29.1 Å². The number of primary amides is 1. The van der Waals surface area contributed by atoms with E-state index < -0.39 is 0 Å². The van der Waals surface area contributed by atoms with E-state index in [4.69, 9.17) is 5.73 Å². The summed E-state index contributed by atoms with van der Waals surface area (Å²) in [5.41, 5.74) is 5.82. The predicted molar refractivity (Wildman–Crippen MR) is 51.8 cm³/mol. The van der Waals surface area contributed by atoms with Crippen LogP contribution in [0.15, 0.2) is 0 Å². The number of carbonyl (C=O) groups is 1. The number of fused-ring (bicyclic) bond motifs is 2. The number of hydrogen-bond acceptors (Lipinski definition) is 1. The molecule has 13 heavy (non-hydrogen) atoms. The second kappa shape index (κ2) is 2.49. The highest BCUT2D eigenvalue weighted by atomic mass is 16.1. The van der Waals surface area contributed by atoms with Crippen LogP contribution in [0.1, 0.15) is 33.6 Å². The molecule has 0 radical (unpaired) electrons. The molecule has 0 aromatic rings. The van der Waals surface area contributed by atoms with Crippen molar-refractivity contribution in [1.29, 1.82) is 0 Å². The van der Waals surface area contributed by atoms with Crippen molar-refractivity contribution < 1.29 is 4.79 Å². The molecule has 0 unspecified atom stereocenters. The van der Waals surface area contributed by atoms with Crippen LogP contribution in [0.25, 0.3) is 0 Å². The van der Waals surface area contributed by atoms with Crippen molar-refractivity contribution in [3.8, 4) is 0 Å². The second-order valence-corrected chi connectivity index (χ2v) is 5.45. The lowest BCUT2D eigenvalue weighted by Gasteiger charge is -2.38. The first-order valence-corrected chi connectivity index (χ1v) is 5.24. The van der Waals surface area contributed by atoms with Crippen LogP contribution in [0.3, 0.4) is 0 Å². The maximum absolute atomic E-state index is 11.2. The molecule has 0 aromatic carbocycles. The lowest BCUT2D eigenvalue weighted by Crippen LogP contribution is -2.38. The first-order chi connectivity index (χ1) is 5.94. The van der Waals surface area contributed by atoms with Gasteiger partial charge in [-0.15, -0.1) is 0 Å². The number of carbonyl (C=O) groups excluding carboxylic acids is 1. The molecule has 2 aliphatic carbocycles. The fourth-order valence-electron chi connectivity index (χ4n) is 3.48. The highest BCUT2D eigenvalue weighted by Gasteiger charge is 2.56. The molecule has 2 fully saturated rings.